The Morgan fingerprint density at radius 1 is 1.33 bits per heavy atom. The van der Waals surface area contributed by atoms with E-state index >= 15 is 0 Å². The molecule has 132 valence electrons. The maximum atomic E-state index is 12.5. The standard InChI is InChI=1S/C19H29N3O2/c1-6-22-14(4)16(18(23)24-5)17(15-10-8-7-9-11-15)21-19(22)20-12-13(2)3/h7-11,13-14,16-17H,6,12H2,1-5H3,(H,20,21)/t14-,16-,17-/m1/s1. The Labute approximate surface area is 145 Å². The number of guanidine groups is 1. The van der Waals surface area contributed by atoms with Gasteiger partial charge in [-0.2, -0.15) is 0 Å². The molecule has 3 atom stereocenters. The number of hydrogen-bond acceptors (Lipinski definition) is 3. The van der Waals surface area contributed by atoms with E-state index < -0.39 is 0 Å². The predicted octanol–water partition coefficient (Wildman–Crippen LogP) is 2.84. The van der Waals surface area contributed by atoms with E-state index in [1.807, 2.05) is 30.3 Å². The molecule has 0 spiro atoms. The van der Waals surface area contributed by atoms with Crippen LogP contribution < -0.4 is 5.32 Å². The quantitative estimate of drug-likeness (QED) is 0.843. The molecule has 1 aromatic rings. The molecule has 0 bridgehead atoms. The molecule has 0 saturated carbocycles. The third-order valence-corrected chi connectivity index (χ3v) is 4.51. The molecule has 1 heterocycles. The lowest BCUT2D eigenvalue weighted by Gasteiger charge is -2.45. The van der Waals surface area contributed by atoms with Gasteiger partial charge >= 0.3 is 5.97 Å². The Morgan fingerprint density at radius 2 is 2.00 bits per heavy atom. The first kappa shape index (κ1) is 18.3. The summed E-state index contributed by atoms with van der Waals surface area (Å²) in [6, 6.07) is 9.93. The summed E-state index contributed by atoms with van der Waals surface area (Å²) in [7, 11) is 1.45. The van der Waals surface area contributed by atoms with Crippen LogP contribution in [0.5, 0.6) is 0 Å². The summed E-state index contributed by atoms with van der Waals surface area (Å²) < 4.78 is 5.09. The number of methoxy groups -OCH3 is 1. The minimum Gasteiger partial charge on any atom is -0.469 e. The first-order valence-corrected chi connectivity index (χ1v) is 8.70. The number of nitrogens with zero attached hydrogens (tertiary/aromatic N) is 2. The summed E-state index contributed by atoms with van der Waals surface area (Å²) in [6.07, 6.45) is 0. The van der Waals surface area contributed by atoms with Crippen LogP contribution >= 0.6 is 0 Å². The van der Waals surface area contributed by atoms with Gasteiger partial charge in [-0.15, -0.1) is 0 Å². The molecular formula is C19H29N3O2. The molecule has 1 saturated heterocycles. The number of nitrogens with one attached hydrogen (secondary N) is 1. The van der Waals surface area contributed by atoms with Gasteiger partial charge in [0.1, 0.15) is 5.92 Å². The van der Waals surface area contributed by atoms with Crippen molar-refractivity contribution in [2.75, 3.05) is 20.2 Å². The zero-order valence-corrected chi connectivity index (χ0v) is 15.3. The molecule has 0 aromatic heterocycles. The van der Waals surface area contributed by atoms with E-state index in [2.05, 4.69) is 37.9 Å². The first-order chi connectivity index (χ1) is 11.5. The van der Waals surface area contributed by atoms with Crippen LogP contribution in [0.3, 0.4) is 0 Å². The summed E-state index contributed by atoms with van der Waals surface area (Å²) >= 11 is 0. The number of aliphatic imine (C=N–C) groups is 1. The van der Waals surface area contributed by atoms with Crippen molar-refractivity contribution in [1.82, 2.24) is 10.2 Å². The van der Waals surface area contributed by atoms with Gasteiger partial charge in [0.15, 0.2) is 5.96 Å². The van der Waals surface area contributed by atoms with Gasteiger partial charge < -0.3 is 15.0 Å². The Balaban J connectivity index is 2.41. The number of carbonyl (C=O) groups excluding carboxylic acids is 1. The molecular weight excluding hydrogens is 302 g/mol. The van der Waals surface area contributed by atoms with Gasteiger partial charge in [-0.3, -0.25) is 9.79 Å². The average Bonchev–Trinajstić information content (AvgIpc) is 2.59. The minimum absolute atomic E-state index is 0.0137. The van der Waals surface area contributed by atoms with Gasteiger partial charge in [0, 0.05) is 19.1 Å². The molecule has 5 heteroatoms. The third kappa shape index (κ3) is 3.89. The molecule has 0 aliphatic carbocycles. The van der Waals surface area contributed by atoms with E-state index in [9.17, 15) is 4.79 Å². The summed E-state index contributed by atoms with van der Waals surface area (Å²) in [5.74, 6) is 0.884. The van der Waals surface area contributed by atoms with E-state index in [-0.39, 0.29) is 24.0 Å². The van der Waals surface area contributed by atoms with Crippen LogP contribution in [0.15, 0.2) is 35.3 Å². The molecule has 1 aliphatic rings. The second-order valence-electron chi connectivity index (χ2n) is 6.67. The molecule has 0 radical (unpaired) electrons. The summed E-state index contributed by atoms with van der Waals surface area (Å²) in [5.41, 5.74) is 1.08. The Bertz CT molecular complexity index is 571. The molecule has 0 unspecified atom stereocenters. The van der Waals surface area contributed by atoms with Crippen molar-refractivity contribution in [3.05, 3.63) is 35.9 Å². The lowest BCUT2D eigenvalue weighted by atomic mass is 9.85. The Morgan fingerprint density at radius 3 is 2.54 bits per heavy atom. The van der Waals surface area contributed by atoms with Gasteiger partial charge in [0.25, 0.3) is 0 Å². The van der Waals surface area contributed by atoms with Crippen LogP contribution in [0.2, 0.25) is 0 Å². The number of benzene rings is 1. The lowest BCUT2D eigenvalue weighted by Crippen LogP contribution is -2.60. The third-order valence-electron chi connectivity index (χ3n) is 4.51. The molecule has 24 heavy (non-hydrogen) atoms. The highest BCUT2D eigenvalue weighted by molar-refractivity contribution is 5.85. The van der Waals surface area contributed by atoms with Crippen LogP contribution in [-0.2, 0) is 9.53 Å². The highest BCUT2D eigenvalue weighted by Gasteiger charge is 2.43. The number of carbonyl (C=O) groups is 1. The SMILES string of the molecule is CCN1C(=NCC(C)C)N[C@H](c2ccccc2)[C@H](C(=O)OC)[C@H]1C. The lowest BCUT2D eigenvalue weighted by molar-refractivity contribution is -0.149. The average molecular weight is 331 g/mol. The molecule has 1 fully saturated rings. The van der Waals surface area contributed by atoms with Gasteiger partial charge in [0.2, 0.25) is 0 Å². The summed E-state index contributed by atoms with van der Waals surface area (Å²) in [5, 5.41) is 3.50. The van der Waals surface area contributed by atoms with E-state index in [1.54, 1.807) is 0 Å². The van der Waals surface area contributed by atoms with Crippen LogP contribution in [-0.4, -0.2) is 43.1 Å². The van der Waals surface area contributed by atoms with E-state index in [0.29, 0.717) is 5.92 Å². The number of ether oxygens (including phenoxy) is 1. The highest BCUT2D eigenvalue weighted by atomic mass is 16.5. The van der Waals surface area contributed by atoms with Crippen molar-refractivity contribution < 1.29 is 9.53 Å². The maximum Gasteiger partial charge on any atom is 0.313 e. The smallest absolute Gasteiger partial charge is 0.313 e. The molecule has 0 amide bonds. The van der Waals surface area contributed by atoms with Crippen LogP contribution in [0.4, 0.5) is 0 Å². The fourth-order valence-electron chi connectivity index (χ4n) is 3.24. The predicted molar refractivity (Wildman–Crippen MR) is 96.8 cm³/mol. The normalized spacial score (nSPS) is 25.7. The monoisotopic (exact) mass is 331 g/mol. The molecule has 5 nitrogen and oxygen atoms in total. The number of esters is 1. The zero-order chi connectivity index (χ0) is 17.7. The van der Waals surface area contributed by atoms with Gasteiger partial charge in [-0.1, -0.05) is 44.2 Å². The van der Waals surface area contributed by atoms with Gasteiger partial charge in [0.05, 0.1) is 13.2 Å². The second kappa shape index (κ2) is 8.18. The van der Waals surface area contributed by atoms with Gasteiger partial charge in [-0.25, -0.2) is 0 Å². The zero-order valence-electron chi connectivity index (χ0n) is 15.3. The van der Waals surface area contributed by atoms with Crippen molar-refractivity contribution in [3.8, 4) is 0 Å². The molecule has 1 aromatic carbocycles. The highest BCUT2D eigenvalue weighted by Crippen LogP contribution is 2.32. The fourth-order valence-corrected chi connectivity index (χ4v) is 3.24. The number of rotatable bonds is 5. The van der Waals surface area contributed by atoms with Crippen molar-refractivity contribution in [1.29, 1.82) is 0 Å². The minimum atomic E-state index is -0.282. The fraction of sp³-hybridized carbons (Fsp3) is 0.579. The number of hydrogen-bond donors (Lipinski definition) is 1. The van der Waals surface area contributed by atoms with Gasteiger partial charge in [-0.05, 0) is 25.3 Å². The molecule has 1 aliphatic heterocycles. The van der Waals surface area contributed by atoms with Crippen molar-refractivity contribution >= 4 is 11.9 Å². The summed E-state index contributed by atoms with van der Waals surface area (Å²) in [4.78, 5) is 19.4. The van der Waals surface area contributed by atoms with E-state index in [0.717, 1.165) is 24.6 Å². The van der Waals surface area contributed by atoms with E-state index in [1.165, 1.54) is 7.11 Å². The van der Waals surface area contributed by atoms with E-state index in [4.69, 9.17) is 9.73 Å². The Kier molecular flexibility index (Phi) is 6.23. The second-order valence-corrected chi connectivity index (χ2v) is 6.67. The topological polar surface area (TPSA) is 53.9 Å². The van der Waals surface area contributed by atoms with Crippen LogP contribution in [0, 0.1) is 11.8 Å². The first-order valence-electron chi connectivity index (χ1n) is 8.70. The van der Waals surface area contributed by atoms with Crippen molar-refractivity contribution in [2.45, 2.75) is 39.8 Å². The van der Waals surface area contributed by atoms with Crippen molar-refractivity contribution in [3.63, 3.8) is 0 Å². The largest absolute Gasteiger partial charge is 0.469 e. The maximum absolute atomic E-state index is 12.5. The van der Waals surface area contributed by atoms with Crippen molar-refractivity contribution in [2.24, 2.45) is 16.8 Å². The molecule has 2 rings (SSSR count). The summed E-state index contributed by atoms with van der Waals surface area (Å²) in [6.45, 7) is 10.0. The Hall–Kier alpha value is -2.04. The van der Waals surface area contributed by atoms with Crippen LogP contribution in [0.1, 0.15) is 39.3 Å². The molecule has 1 N–H and O–H groups in total. The van der Waals surface area contributed by atoms with Crippen LogP contribution in [0.25, 0.3) is 0 Å².